The molecule has 0 aliphatic carbocycles. The Hall–Kier alpha value is -1.69. The van der Waals surface area contributed by atoms with Crippen molar-refractivity contribution in [2.75, 3.05) is 19.6 Å². The number of aromatic nitrogens is 2. The molecule has 1 amide bonds. The molecule has 1 aromatic rings. The minimum atomic E-state index is -0.120. The Balaban J connectivity index is 1.83. The molecule has 1 unspecified atom stereocenters. The second kappa shape index (κ2) is 7.92. The maximum Gasteiger partial charge on any atom is 0.243 e. The zero-order valence-corrected chi connectivity index (χ0v) is 15.6. The highest BCUT2D eigenvalue weighted by Crippen LogP contribution is 2.21. The van der Waals surface area contributed by atoms with Crippen molar-refractivity contribution in [3.05, 3.63) is 23.4 Å². The average Bonchev–Trinajstić information content (AvgIpc) is 2.93. The van der Waals surface area contributed by atoms with Crippen LogP contribution in [0.25, 0.3) is 0 Å². The van der Waals surface area contributed by atoms with Gasteiger partial charge < -0.3 is 9.84 Å². The molecular weight excluding hydrogens is 304 g/mol. The SMILES string of the molecule is CC(C)=CC(=O)NCC1CCCN(Cc2noc(C(C)(C)C)n2)C1. The van der Waals surface area contributed by atoms with Crippen LogP contribution < -0.4 is 5.32 Å². The summed E-state index contributed by atoms with van der Waals surface area (Å²) in [6.45, 7) is 13.5. The van der Waals surface area contributed by atoms with E-state index < -0.39 is 0 Å². The number of nitrogens with one attached hydrogen (secondary N) is 1. The Morgan fingerprint density at radius 1 is 1.42 bits per heavy atom. The third-order valence-corrected chi connectivity index (χ3v) is 4.06. The van der Waals surface area contributed by atoms with Gasteiger partial charge in [0.15, 0.2) is 5.82 Å². The summed E-state index contributed by atoms with van der Waals surface area (Å²) in [6.07, 6.45) is 3.92. The fourth-order valence-electron chi connectivity index (χ4n) is 2.84. The molecule has 1 aliphatic rings. The van der Waals surface area contributed by atoms with Gasteiger partial charge in [-0.15, -0.1) is 0 Å². The summed E-state index contributed by atoms with van der Waals surface area (Å²) in [7, 11) is 0. The van der Waals surface area contributed by atoms with E-state index in [0.717, 1.165) is 43.9 Å². The minimum Gasteiger partial charge on any atom is -0.352 e. The van der Waals surface area contributed by atoms with Gasteiger partial charge in [0.05, 0.1) is 6.54 Å². The quantitative estimate of drug-likeness (QED) is 0.838. The number of amides is 1. The maximum absolute atomic E-state index is 11.7. The van der Waals surface area contributed by atoms with Crippen LogP contribution in [0, 0.1) is 5.92 Å². The Bertz CT molecular complexity index is 582. The van der Waals surface area contributed by atoms with Crippen molar-refractivity contribution < 1.29 is 9.32 Å². The van der Waals surface area contributed by atoms with Crippen molar-refractivity contribution in [2.45, 2.75) is 59.4 Å². The highest BCUT2D eigenvalue weighted by atomic mass is 16.5. The van der Waals surface area contributed by atoms with Crippen LogP contribution in [0.15, 0.2) is 16.2 Å². The third kappa shape index (κ3) is 5.74. The van der Waals surface area contributed by atoms with Gasteiger partial charge in [-0.25, -0.2) is 0 Å². The summed E-state index contributed by atoms with van der Waals surface area (Å²) in [4.78, 5) is 18.6. The lowest BCUT2D eigenvalue weighted by Gasteiger charge is -2.31. The van der Waals surface area contributed by atoms with Crippen LogP contribution >= 0.6 is 0 Å². The number of nitrogens with zero attached hydrogens (tertiary/aromatic N) is 3. The molecule has 1 saturated heterocycles. The van der Waals surface area contributed by atoms with Gasteiger partial charge in [0.25, 0.3) is 0 Å². The molecule has 134 valence electrons. The number of piperidine rings is 1. The van der Waals surface area contributed by atoms with E-state index in [1.165, 1.54) is 0 Å². The summed E-state index contributed by atoms with van der Waals surface area (Å²) in [5, 5.41) is 7.10. The molecule has 2 rings (SSSR count). The molecule has 1 fully saturated rings. The monoisotopic (exact) mass is 334 g/mol. The Morgan fingerprint density at radius 2 is 2.17 bits per heavy atom. The van der Waals surface area contributed by atoms with E-state index in [4.69, 9.17) is 4.52 Å². The molecule has 1 aromatic heterocycles. The van der Waals surface area contributed by atoms with Crippen molar-refractivity contribution in [2.24, 2.45) is 5.92 Å². The van der Waals surface area contributed by atoms with E-state index in [-0.39, 0.29) is 11.3 Å². The highest BCUT2D eigenvalue weighted by Gasteiger charge is 2.24. The predicted molar refractivity (Wildman–Crippen MR) is 93.4 cm³/mol. The van der Waals surface area contributed by atoms with E-state index in [9.17, 15) is 4.79 Å². The minimum absolute atomic E-state index is 0.000102. The number of allylic oxidation sites excluding steroid dienone is 1. The molecule has 0 saturated carbocycles. The van der Waals surface area contributed by atoms with Crippen LogP contribution in [-0.4, -0.2) is 40.6 Å². The zero-order valence-electron chi connectivity index (χ0n) is 15.6. The van der Waals surface area contributed by atoms with Gasteiger partial charge in [-0.3, -0.25) is 9.69 Å². The first-order valence-electron chi connectivity index (χ1n) is 8.72. The van der Waals surface area contributed by atoms with E-state index in [2.05, 4.69) is 41.1 Å². The second-order valence-electron chi connectivity index (χ2n) is 7.98. The number of hydrogen-bond acceptors (Lipinski definition) is 5. The van der Waals surface area contributed by atoms with Crippen molar-refractivity contribution >= 4 is 5.91 Å². The smallest absolute Gasteiger partial charge is 0.243 e. The fraction of sp³-hybridized carbons (Fsp3) is 0.722. The molecule has 1 atom stereocenters. The molecule has 6 nitrogen and oxygen atoms in total. The van der Waals surface area contributed by atoms with Crippen molar-refractivity contribution in [3.8, 4) is 0 Å². The van der Waals surface area contributed by atoms with Crippen molar-refractivity contribution in [3.63, 3.8) is 0 Å². The average molecular weight is 334 g/mol. The Kier molecular flexibility index (Phi) is 6.15. The van der Waals surface area contributed by atoms with E-state index >= 15 is 0 Å². The van der Waals surface area contributed by atoms with Crippen LogP contribution in [0.4, 0.5) is 0 Å². The molecule has 2 heterocycles. The predicted octanol–water partition coefficient (Wildman–Crippen LogP) is 2.66. The van der Waals surface area contributed by atoms with Crippen molar-refractivity contribution in [1.82, 2.24) is 20.4 Å². The molecule has 0 bridgehead atoms. The maximum atomic E-state index is 11.7. The number of carbonyl (C=O) groups excluding carboxylic acids is 1. The number of carbonyl (C=O) groups is 1. The van der Waals surface area contributed by atoms with Crippen LogP contribution in [0.1, 0.15) is 59.2 Å². The van der Waals surface area contributed by atoms with Gasteiger partial charge in [-0.2, -0.15) is 4.98 Å². The summed E-state index contributed by atoms with van der Waals surface area (Å²) in [5.74, 6) is 1.90. The molecule has 0 radical (unpaired) electrons. The molecule has 1 N–H and O–H groups in total. The van der Waals surface area contributed by atoms with Crippen molar-refractivity contribution in [1.29, 1.82) is 0 Å². The topological polar surface area (TPSA) is 71.3 Å². The summed E-state index contributed by atoms with van der Waals surface area (Å²) in [6, 6.07) is 0. The van der Waals surface area contributed by atoms with Gasteiger partial charge in [-0.05, 0) is 39.2 Å². The molecule has 1 aliphatic heterocycles. The van der Waals surface area contributed by atoms with Gasteiger partial charge in [0.1, 0.15) is 0 Å². The highest BCUT2D eigenvalue weighted by molar-refractivity contribution is 5.87. The normalized spacial score (nSPS) is 19.1. The zero-order chi connectivity index (χ0) is 17.7. The first kappa shape index (κ1) is 18.6. The van der Waals surface area contributed by atoms with E-state index in [0.29, 0.717) is 18.4 Å². The summed E-state index contributed by atoms with van der Waals surface area (Å²) < 4.78 is 5.36. The molecule has 24 heavy (non-hydrogen) atoms. The van der Waals surface area contributed by atoms with E-state index in [1.54, 1.807) is 6.08 Å². The molecule has 0 spiro atoms. The Labute approximate surface area is 144 Å². The Morgan fingerprint density at radius 3 is 2.79 bits per heavy atom. The third-order valence-electron chi connectivity index (χ3n) is 4.06. The van der Waals surface area contributed by atoms with Gasteiger partial charge >= 0.3 is 0 Å². The standard InChI is InChI=1S/C18H30N4O2/c1-13(2)9-16(23)19-10-14-7-6-8-22(11-14)12-15-20-17(24-21-15)18(3,4)5/h9,14H,6-8,10-12H2,1-5H3,(H,19,23). The molecule has 0 aromatic carbocycles. The van der Waals surface area contributed by atoms with Crippen LogP contribution in [0.5, 0.6) is 0 Å². The van der Waals surface area contributed by atoms with Gasteiger partial charge in [0.2, 0.25) is 11.8 Å². The van der Waals surface area contributed by atoms with Crippen LogP contribution in [-0.2, 0) is 16.8 Å². The first-order valence-corrected chi connectivity index (χ1v) is 8.72. The number of likely N-dealkylation sites (tertiary alicyclic amines) is 1. The lowest BCUT2D eigenvalue weighted by molar-refractivity contribution is -0.116. The van der Waals surface area contributed by atoms with Gasteiger partial charge in [0, 0.05) is 24.6 Å². The number of rotatable bonds is 5. The summed E-state index contributed by atoms with van der Waals surface area (Å²) in [5.41, 5.74) is 0.898. The largest absolute Gasteiger partial charge is 0.352 e. The fourth-order valence-corrected chi connectivity index (χ4v) is 2.84. The lowest BCUT2D eigenvalue weighted by Crippen LogP contribution is -2.40. The summed E-state index contributed by atoms with van der Waals surface area (Å²) >= 11 is 0. The van der Waals surface area contributed by atoms with Crippen LogP contribution in [0.3, 0.4) is 0 Å². The lowest BCUT2D eigenvalue weighted by atomic mass is 9.97. The number of hydrogen-bond donors (Lipinski definition) is 1. The molecule has 6 heteroatoms. The first-order chi connectivity index (χ1) is 11.2. The van der Waals surface area contributed by atoms with Gasteiger partial charge in [-0.1, -0.05) is 31.5 Å². The second-order valence-corrected chi connectivity index (χ2v) is 7.98. The van der Waals surface area contributed by atoms with Crippen LogP contribution in [0.2, 0.25) is 0 Å². The van der Waals surface area contributed by atoms with E-state index in [1.807, 2.05) is 13.8 Å². The molecular formula is C18H30N4O2.